The quantitative estimate of drug-likeness (QED) is 0.384. The highest BCUT2D eigenvalue weighted by molar-refractivity contribution is 5.97. The number of nitrogens with zero attached hydrogens (tertiary/aromatic N) is 2. The lowest BCUT2D eigenvalue weighted by atomic mass is 9.98. The van der Waals surface area contributed by atoms with Crippen molar-refractivity contribution in [3.8, 4) is 11.5 Å². The van der Waals surface area contributed by atoms with Gasteiger partial charge in [0.2, 0.25) is 6.79 Å². The number of rotatable bonds is 7. The van der Waals surface area contributed by atoms with Gasteiger partial charge in [-0.2, -0.15) is 0 Å². The molecule has 0 aromatic heterocycles. The molecule has 1 amide bonds. The highest BCUT2D eigenvalue weighted by Gasteiger charge is 2.25. The van der Waals surface area contributed by atoms with E-state index >= 15 is 0 Å². The van der Waals surface area contributed by atoms with Crippen LogP contribution in [-0.4, -0.2) is 43.3 Å². The second-order valence-electron chi connectivity index (χ2n) is 8.17. The molecule has 0 saturated carbocycles. The average molecular weight is 455 g/mol. The van der Waals surface area contributed by atoms with Crippen molar-refractivity contribution in [3.05, 3.63) is 57.6 Å². The molecule has 174 valence electrons. The normalized spacial score (nSPS) is 15.2. The van der Waals surface area contributed by atoms with E-state index in [-0.39, 0.29) is 24.6 Å². The van der Waals surface area contributed by atoms with Gasteiger partial charge in [-0.25, -0.2) is 4.79 Å². The van der Waals surface area contributed by atoms with Crippen molar-refractivity contribution in [2.24, 2.45) is 5.92 Å². The fourth-order valence-corrected chi connectivity index (χ4v) is 3.84. The Kier molecular flexibility index (Phi) is 6.62. The van der Waals surface area contributed by atoms with E-state index in [0.717, 1.165) is 31.5 Å². The van der Waals surface area contributed by atoms with E-state index in [2.05, 4.69) is 12.2 Å². The van der Waals surface area contributed by atoms with Gasteiger partial charge in [0.25, 0.3) is 11.6 Å². The third-order valence-corrected chi connectivity index (χ3v) is 5.80. The van der Waals surface area contributed by atoms with Gasteiger partial charge >= 0.3 is 5.97 Å². The molecule has 0 atom stereocenters. The minimum absolute atomic E-state index is 0.0855. The Labute approximate surface area is 190 Å². The second-order valence-corrected chi connectivity index (χ2v) is 8.17. The molecule has 1 saturated heterocycles. The number of hydrogen-bond acceptors (Lipinski definition) is 8. The fraction of sp³-hybridized carbons (Fsp3) is 0.391. The van der Waals surface area contributed by atoms with Crippen LogP contribution in [0.3, 0.4) is 0 Å². The number of benzene rings is 2. The summed E-state index contributed by atoms with van der Waals surface area (Å²) in [6.45, 7) is 3.55. The Morgan fingerprint density at radius 3 is 2.67 bits per heavy atom. The van der Waals surface area contributed by atoms with Crippen LogP contribution in [0.25, 0.3) is 0 Å². The Hall–Kier alpha value is -3.82. The highest BCUT2D eigenvalue weighted by atomic mass is 16.7. The number of carbonyl (C=O) groups is 2. The van der Waals surface area contributed by atoms with E-state index in [1.165, 1.54) is 12.1 Å². The lowest BCUT2D eigenvalue weighted by molar-refractivity contribution is -0.384. The van der Waals surface area contributed by atoms with E-state index in [4.69, 9.17) is 14.2 Å². The number of amides is 1. The number of nitrogens with one attached hydrogen (secondary N) is 1. The Balaban J connectivity index is 1.38. The number of anilines is 1. The first-order valence-corrected chi connectivity index (χ1v) is 10.8. The van der Waals surface area contributed by atoms with Crippen LogP contribution in [-0.2, 0) is 16.1 Å². The van der Waals surface area contributed by atoms with Gasteiger partial charge in [-0.1, -0.05) is 13.0 Å². The van der Waals surface area contributed by atoms with Crippen molar-refractivity contribution >= 4 is 23.3 Å². The van der Waals surface area contributed by atoms with E-state index in [1.807, 2.05) is 4.90 Å². The third kappa shape index (κ3) is 5.33. The molecule has 0 radical (unpaired) electrons. The van der Waals surface area contributed by atoms with Crippen molar-refractivity contribution in [1.29, 1.82) is 0 Å². The van der Waals surface area contributed by atoms with Gasteiger partial charge in [0.1, 0.15) is 0 Å². The van der Waals surface area contributed by atoms with Gasteiger partial charge in [-0.05, 0) is 42.5 Å². The van der Waals surface area contributed by atoms with Crippen LogP contribution in [0.4, 0.5) is 11.4 Å². The molecule has 2 aromatic carbocycles. The molecule has 1 fully saturated rings. The largest absolute Gasteiger partial charge is 0.454 e. The van der Waals surface area contributed by atoms with Gasteiger partial charge in [-0.15, -0.1) is 0 Å². The van der Waals surface area contributed by atoms with Crippen LogP contribution in [0.1, 0.15) is 35.7 Å². The molecule has 2 aromatic rings. The molecule has 0 aliphatic carbocycles. The van der Waals surface area contributed by atoms with Gasteiger partial charge < -0.3 is 24.4 Å². The first-order valence-electron chi connectivity index (χ1n) is 10.8. The van der Waals surface area contributed by atoms with Crippen LogP contribution in [0.15, 0.2) is 36.4 Å². The Morgan fingerprint density at radius 1 is 1.15 bits per heavy atom. The summed E-state index contributed by atoms with van der Waals surface area (Å²) in [5.41, 5.74) is 1.27. The predicted octanol–water partition coefficient (Wildman–Crippen LogP) is 3.03. The summed E-state index contributed by atoms with van der Waals surface area (Å²) in [6.07, 6.45) is 1.93. The predicted molar refractivity (Wildman–Crippen MR) is 118 cm³/mol. The molecular formula is C23H25N3O7. The maximum Gasteiger partial charge on any atom is 0.341 e. The summed E-state index contributed by atoms with van der Waals surface area (Å²) in [5, 5.41) is 13.9. The first-order chi connectivity index (χ1) is 15.9. The molecule has 2 aliphatic rings. The molecule has 10 nitrogen and oxygen atoms in total. The minimum atomic E-state index is -0.773. The van der Waals surface area contributed by atoms with Crippen LogP contribution >= 0.6 is 0 Å². The number of non-ortho nitro benzene ring substituents is 1. The molecule has 4 rings (SSSR count). The van der Waals surface area contributed by atoms with E-state index in [0.29, 0.717) is 23.1 Å². The molecule has 10 heteroatoms. The lowest BCUT2D eigenvalue weighted by Crippen LogP contribution is -2.34. The standard InChI is InChI=1S/C23H25N3O7/c1-15-6-8-25(9-7-15)19-4-3-17(26(29)30)11-18(19)23(28)31-13-22(27)24-12-16-2-5-20-21(10-16)33-14-32-20/h2-5,10-11,15H,6-9,12-14H2,1H3,(H,24,27). The Bertz CT molecular complexity index is 1060. The number of esters is 1. The molecule has 2 aliphatic heterocycles. The number of carbonyl (C=O) groups excluding carboxylic acids is 2. The number of nitro benzene ring substituents is 1. The summed E-state index contributed by atoms with van der Waals surface area (Å²) in [6, 6.07) is 9.49. The first kappa shape index (κ1) is 22.4. The second kappa shape index (κ2) is 9.76. The van der Waals surface area contributed by atoms with Crippen molar-refractivity contribution < 1.29 is 28.7 Å². The van der Waals surface area contributed by atoms with Crippen LogP contribution < -0.4 is 19.7 Å². The number of nitro groups is 1. The summed E-state index contributed by atoms with van der Waals surface area (Å²) in [4.78, 5) is 37.7. The summed E-state index contributed by atoms with van der Waals surface area (Å²) in [5.74, 6) is 0.585. The highest BCUT2D eigenvalue weighted by Crippen LogP contribution is 2.32. The summed E-state index contributed by atoms with van der Waals surface area (Å²) < 4.78 is 15.8. The molecule has 0 unspecified atom stereocenters. The maximum atomic E-state index is 12.8. The topological polar surface area (TPSA) is 120 Å². The minimum Gasteiger partial charge on any atom is -0.454 e. The molecular weight excluding hydrogens is 430 g/mol. The molecule has 0 bridgehead atoms. The third-order valence-electron chi connectivity index (χ3n) is 5.80. The smallest absolute Gasteiger partial charge is 0.341 e. The summed E-state index contributed by atoms with van der Waals surface area (Å²) in [7, 11) is 0. The number of piperidine rings is 1. The monoisotopic (exact) mass is 455 g/mol. The van der Waals surface area contributed by atoms with Crippen molar-refractivity contribution in [2.75, 3.05) is 31.4 Å². The number of fused-ring (bicyclic) bond motifs is 1. The van der Waals surface area contributed by atoms with Crippen molar-refractivity contribution in [3.63, 3.8) is 0 Å². The lowest BCUT2D eigenvalue weighted by Gasteiger charge is -2.33. The molecule has 2 heterocycles. The number of ether oxygens (including phenoxy) is 3. The zero-order valence-corrected chi connectivity index (χ0v) is 18.2. The SMILES string of the molecule is CC1CCN(c2ccc([N+](=O)[O-])cc2C(=O)OCC(=O)NCc2ccc3c(c2)OCO3)CC1. The number of hydrogen-bond donors (Lipinski definition) is 1. The van der Waals surface area contributed by atoms with E-state index < -0.39 is 23.4 Å². The van der Waals surface area contributed by atoms with Crippen LogP contribution in [0.2, 0.25) is 0 Å². The molecule has 0 spiro atoms. The maximum absolute atomic E-state index is 12.8. The zero-order chi connectivity index (χ0) is 23.4. The van der Waals surface area contributed by atoms with Crippen LogP contribution in [0, 0.1) is 16.0 Å². The van der Waals surface area contributed by atoms with Gasteiger partial charge in [0.15, 0.2) is 18.1 Å². The molecule has 1 N–H and O–H groups in total. The summed E-state index contributed by atoms with van der Waals surface area (Å²) >= 11 is 0. The molecule has 33 heavy (non-hydrogen) atoms. The Morgan fingerprint density at radius 2 is 1.91 bits per heavy atom. The van der Waals surface area contributed by atoms with Gasteiger partial charge in [-0.3, -0.25) is 14.9 Å². The van der Waals surface area contributed by atoms with Gasteiger partial charge in [0, 0.05) is 31.8 Å². The zero-order valence-electron chi connectivity index (χ0n) is 18.2. The van der Waals surface area contributed by atoms with Crippen molar-refractivity contribution in [1.82, 2.24) is 5.32 Å². The van der Waals surface area contributed by atoms with E-state index in [9.17, 15) is 19.7 Å². The van der Waals surface area contributed by atoms with Crippen molar-refractivity contribution in [2.45, 2.75) is 26.3 Å². The van der Waals surface area contributed by atoms with Crippen LogP contribution in [0.5, 0.6) is 11.5 Å². The van der Waals surface area contributed by atoms with Gasteiger partial charge in [0.05, 0.1) is 16.2 Å². The average Bonchev–Trinajstić information content (AvgIpc) is 3.29. The fourth-order valence-electron chi connectivity index (χ4n) is 3.84. The van der Waals surface area contributed by atoms with E-state index in [1.54, 1.807) is 24.3 Å².